The maximum absolute atomic E-state index is 13.6. The standard InChI is InChI=1S/C31H42N2O7S/c1-4-5-9-16-33(30(37)26(18-27(34)35)32-29(36)24(20-41)17-21(2)3)19-22-12-14-25(15-13-22)40-28(31(38)39)23-10-7-6-8-11-23/h6-8,10-15,21,24,26,28,41H,4-5,9,16-20H2,1-3H3,(H,32,36)(H,34,35)(H,38,39)/t24?,26?,28-/m0/s1. The lowest BCUT2D eigenvalue weighted by atomic mass is 9.97. The van der Waals surface area contributed by atoms with Crippen LogP contribution in [0.5, 0.6) is 5.75 Å². The summed E-state index contributed by atoms with van der Waals surface area (Å²) < 4.78 is 5.74. The highest BCUT2D eigenvalue weighted by Gasteiger charge is 2.30. The number of aliphatic carboxylic acids is 2. The van der Waals surface area contributed by atoms with E-state index in [0.717, 1.165) is 24.8 Å². The summed E-state index contributed by atoms with van der Waals surface area (Å²) in [5.74, 6) is -2.70. The van der Waals surface area contributed by atoms with Crippen LogP contribution in [0.4, 0.5) is 0 Å². The second-order valence-corrected chi connectivity index (χ2v) is 10.9. The molecule has 0 aliphatic rings. The van der Waals surface area contributed by atoms with E-state index in [1.54, 1.807) is 59.5 Å². The van der Waals surface area contributed by atoms with Gasteiger partial charge in [0.15, 0.2) is 0 Å². The van der Waals surface area contributed by atoms with Crippen molar-refractivity contribution in [2.24, 2.45) is 11.8 Å². The number of nitrogens with one attached hydrogen (secondary N) is 1. The summed E-state index contributed by atoms with van der Waals surface area (Å²) in [7, 11) is 0. The van der Waals surface area contributed by atoms with E-state index < -0.39 is 42.3 Å². The Kier molecular flexibility index (Phi) is 14.2. The smallest absolute Gasteiger partial charge is 0.349 e. The molecule has 2 aromatic carbocycles. The van der Waals surface area contributed by atoms with Crippen molar-refractivity contribution < 1.29 is 34.1 Å². The molecule has 0 radical (unpaired) electrons. The molecule has 224 valence electrons. The van der Waals surface area contributed by atoms with Gasteiger partial charge in [0, 0.05) is 30.3 Å². The molecular formula is C31H42N2O7S. The number of rotatable bonds is 18. The molecule has 3 atom stereocenters. The van der Waals surface area contributed by atoms with Gasteiger partial charge in [-0.05, 0) is 36.5 Å². The van der Waals surface area contributed by atoms with Crippen LogP contribution in [-0.4, -0.2) is 57.2 Å². The third-order valence-electron chi connectivity index (χ3n) is 6.56. The number of thiol groups is 1. The molecule has 0 aromatic heterocycles. The largest absolute Gasteiger partial charge is 0.481 e. The molecule has 2 rings (SSSR count). The molecule has 0 heterocycles. The van der Waals surface area contributed by atoms with Gasteiger partial charge >= 0.3 is 11.9 Å². The summed E-state index contributed by atoms with van der Waals surface area (Å²) in [6.45, 7) is 6.61. The van der Waals surface area contributed by atoms with E-state index in [-0.39, 0.29) is 18.4 Å². The van der Waals surface area contributed by atoms with E-state index in [2.05, 4.69) is 17.9 Å². The van der Waals surface area contributed by atoms with Crippen LogP contribution in [0, 0.1) is 11.8 Å². The Balaban J connectivity index is 2.22. The molecule has 3 N–H and O–H groups in total. The fourth-order valence-electron chi connectivity index (χ4n) is 4.46. The number of ether oxygens (including phenoxy) is 1. The number of hydrogen-bond donors (Lipinski definition) is 4. The first-order valence-corrected chi connectivity index (χ1v) is 14.6. The van der Waals surface area contributed by atoms with Crippen LogP contribution >= 0.6 is 12.6 Å². The number of unbranched alkanes of at least 4 members (excludes halogenated alkanes) is 2. The molecule has 9 nitrogen and oxygen atoms in total. The van der Waals surface area contributed by atoms with Gasteiger partial charge in [-0.15, -0.1) is 0 Å². The Bertz CT molecular complexity index is 1130. The summed E-state index contributed by atoms with van der Waals surface area (Å²) >= 11 is 4.28. The minimum absolute atomic E-state index is 0.192. The Labute approximate surface area is 247 Å². The molecule has 2 aromatic rings. The normalized spacial score (nSPS) is 13.2. The third kappa shape index (κ3) is 11.5. The molecule has 0 spiro atoms. The minimum Gasteiger partial charge on any atom is -0.481 e. The fourth-order valence-corrected chi connectivity index (χ4v) is 4.77. The lowest BCUT2D eigenvalue weighted by Crippen LogP contribution is -2.51. The summed E-state index contributed by atoms with van der Waals surface area (Å²) in [5, 5.41) is 21.8. The molecule has 10 heteroatoms. The van der Waals surface area contributed by atoms with Gasteiger partial charge in [-0.25, -0.2) is 4.79 Å². The summed E-state index contributed by atoms with van der Waals surface area (Å²) in [5.41, 5.74) is 1.26. The zero-order chi connectivity index (χ0) is 30.4. The Morgan fingerprint density at radius 3 is 2.17 bits per heavy atom. The number of carbonyl (C=O) groups is 4. The van der Waals surface area contributed by atoms with Crippen molar-refractivity contribution in [2.75, 3.05) is 12.3 Å². The van der Waals surface area contributed by atoms with Crippen LogP contribution in [0.3, 0.4) is 0 Å². The van der Waals surface area contributed by atoms with Crippen LogP contribution < -0.4 is 10.1 Å². The zero-order valence-electron chi connectivity index (χ0n) is 24.0. The molecule has 0 aliphatic carbocycles. The number of amides is 2. The highest BCUT2D eigenvalue weighted by molar-refractivity contribution is 7.80. The van der Waals surface area contributed by atoms with Crippen molar-refractivity contribution in [2.45, 2.75) is 71.6 Å². The highest BCUT2D eigenvalue weighted by atomic mass is 32.1. The average molecular weight is 587 g/mol. The van der Waals surface area contributed by atoms with Gasteiger partial charge in [0.05, 0.1) is 6.42 Å². The van der Waals surface area contributed by atoms with Crippen molar-refractivity contribution in [3.05, 3.63) is 65.7 Å². The van der Waals surface area contributed by atoms with Crippen LogP contribution in [-0.2, 0) is 25.7 Å². The van der Waals surface area contributed by atoms with Gasteiger partial charge in [0.2, 0.25) is 17.9 Å². The first-order chi connectivity index (χ1) is 19.5. The van der Waals surface area contributed by atoms with Crippen LogP contribution in [0.2, 0.25) is 0 Å². The zero-order valence-corrected chi connectivity index (χ0v) is 24.9. The van der Waals surface area contributed by atoms with Gasteiger partial charge in [-0.3, -0.25) is 14.4 Å². The SMILES string of the molecule is CCCCCN(Cc1ccc(O[C@H](C(=O)O)c2ccccc2)cc1)C(=O)C(CC(=O)O)NC(=O)C(CS)CC(C)C. The van der Waals surface area contributed by atoms with E-state index in [9.17, 15) is 29.4 Å². The predicted molar refractivity (Wildman–Crippen MR) is 160 cm³/mol. The second kappa shape index (κ2) is 17.3. The van der Waals surface area contributed by atoms with Crippen molar-refractivity contribution in [3.63, 3.8) is 0 Å². The Morgan fingerprint density at radius 1 is 0.976 bits per heavy atom. The van der Waals surface area contributed by atoms with E-state index >= 15 is 0 Å². The molecule has 0 saturated carbocycles. The van der Waals surface area contributed by atoms with E-state index in [1.807, 2.05) is 20.8 Å². The fraction of sp³-hybridized carbons (Fsp3) is 0.484. The van der Waals surface area contributed by atoms with Crippen LogP contribution in [0.25, 0.3) is 0 Å². The molecule has 0 fully saturated rings. The average Bonchev–Trinajstić information content (AvgIpc) is 2.94. The van der Waals surface area contributed by atoms with Gasteiger partial charge in [0.1, 0.15) is 11.8 Å². The van der Waals surface area contributed by atoms with E-state index in [1.165, 1.54) is 0 Å². The number of carboxylic acid groups (broad SMARTS) is 2. The molecule has 0 aliphatic heterocycles. The number of benzene rings is 2. The maximum atomic E-state index is 13.6. The van der Waals surface area contributed by atoms with E-state index in [0.29, 0.717) is 30.0 Å². The summed E-state index contributed by atoms with van der Waals surface area (Å²) in [4.78, 5) is 51.6. The molecule has 41 heavy (non-hydrogen) atoms. The minimum atomic E-state index is -1.21. The van der Waals surface area contributed by atoms with Crippen molar-refractivity contribution >= 4 is 36.4 Å². The molecule has 0 bridgehead atoms. The lowest BCUT2D eigenvalue weighted by Gasteiger charge is -2.29. The molecular weight excluding hydrogens is 544 g/mol. The Hall–Kier alpha value is -3.53. The van der Waals surface area contributed by atoms with Crippen molar-refractivity contribution in [3.8, 4) is 5.75 Å². The Morgan fingerprint density at radius 2 is 1.63 bits per heavy atom. The van der Waals surface area contributed by atoms with Crippen LogP contribution in [0.15, 0.2) is 54.6 Å². The quantitative estimate of drug-likeness (QED) is 0.143. The van der Waals surface area contributed by atoms with Gasteiger partial charge in [0.25, 0.3) is 0 Å². The van der Waals surface area contributed by atoms with Gasteiger partial charge in [-0.2, -0.15) is 12.6 Å². The summed E-state index contributed by atoms with van der Waals surface area (Å²) in [6, 6.07) is 14.2. The summed E-state index contributed by atoms with van der Waals surface area (Å²) in [6.07, 6.45) is 1.42. The van der Waals surface area contributed by atoms with E-state index in [4.69, 9.17) is 4.74 Å². The number of carbonyl (C=O) groups excluding carboxylic acids is 2. The topological polar surface area (TPSA) is 133 Å². The first-order valence-electron chi connectivity index (χ1n) is 14.0. The highest BCUT2D eigenvalue weighted by Crippen LogP contribution is 2.23. The molecule has 0 saturated heterocycles. The monoisotopic (exact) mass is 586 g/mol. The predicted octanol–water partition coefficient (Wildman–Crippen LogP) is 4.96. The lowest BCUT2D eigenvalue weighted by molar-refractivity contribution is -0.145. The molecule has 2 amide bonds. The number of hydrogen-bond acceptors (Lipinski definition) is 6. The van der Waals surface area contributed by atoms with Gasteiger partial charge in [-0.1, -0.05) is 76.1 Å². The maximum Gasteiger partial charge on any atom is 0.349 e. The number of carboxylic acids is 2. The molecule has 2 unspecified atom stereocenters. The first kappa shape index (κ1) is 33.7. The number of nitrogens with zero attached hydrogens (tertiary/aromatic N) is 1. The van der Waals surface area contributed by atoms with Crippen molar-refractivity contribution in [1.29, 1.82) is 0 Å². The van der Waals surface area contributed by atoms with Gasteiger partial charge < -0.3 is 25.2 Å². The van der Waals surface area contributed by atoms with Crippen molar-refractivity contribution in [1.82, 2.24) is 10.2 Å². The van der Waals surface area contributed by atoms with Crippen LogP contribution in [0.1, 0.15) is 70.1 Å². The second-order valence-electron chi connectivity index (χ2n) is 10.5. The third-order valence-corrected chi connectivity index (χ3v) is 7.00.